The summed E-state index contributed by atoms with van der Waals surface area (Å²) >= 11 is 9.55. The Bertz CT molecular complexity index is 996. The van der Waals surface area contributed by atoms with Gasteiger partial charge in [0.1, 0.15) is 0 Å². The molecule has 0 aliphatic heterocycles. The lowest BCUT2D eigenvalue weighted by molar-refractivity contribution is 1.19. The lowest BCUT2D eigenvalue weighted by Crippen LogP contribution is -1.81. The van der Waals surface area contributed by atoms with Gasteiger partial charge >= 0.3 is 0 Å². The fourth-order valence-electron chi connectivity index (χ4n) is 3.67. The molecule has 0 heterocycles. The average molecular weight is 412 g/mol. The van der Waals surface area contributed by atoms with E-state index in [4.69, 9.17) is 18.2 Å². The van der Waals surface area contributed by atoms with Crippen LogP contribution in [0.15, 0.2) is 47.5 Å². The Labute approximate surface area is 175 Å². The number of thioether (sulfide) groups is 2. The fraction of sp³-hybridized carbons (Fsp3) is 0.261. The third kappa shape index (κ3) is 4.14. The van der Waals surface area contributed by atoms with Crippen molar-refractivity contribution in [3.63, 3.8) is 0 Å². The minimum atomic E-state index is 0.741. The van der Waals surface area contributed by atoms with Gasteiger partial charge < -0.3 is 0 Å². The molecule has 4 rings (SSSR count). The molecule has 2 aliphatic rings. The van der Waals surface area contributed by atoms with Crippen molar-refractivity contribution in [2.75, 3.05) is 12.5 Å². The Balaban J connectivity index is 0.000000156. The van der Waals surface area contributed by atoms with Crippen LogP contribution in [0.25, 0.3) is 14.7 Å². The van der Waals surface area contributed by atoms with Crippen molar-refractivity contribution in [2.45, 2.75) is 26.7 Å². The monoisotopic (exact) mass is 411 g/mol. The third-order valence-corrected chi connectivity index (χ3v) is 7.07. The molecule has 0 bridgehead atoms. The zero-order valence-corrected chi connectivity index (χ0v) is 18.4. The van der Waals surface area contributed by atoms with E-state index in [9.17, 15) is 0 Å². The first-order valence-electron chi connectivity index (χ1n) is 8.75. The summed E-state index contributed by atoms with van der Waals surface area (Å²) in [4.78, 5) is 6.21. The summed E-state index contributed by atoms with van der Waals surface area (Å²) in [5, 5.41) is 0.833. The second kappa shape index (κ2) is 8.61. The van der Waals surface area contributed by atoms with E-state index in [0.29, 0.717) is 0 Å². The van der Waals surface area contributed by atoms with E-state index in [1.54, 1.807) is 11.8 Å². The molecule has 2 aromatic carbocycles. The van der Waals surface area contributed by atoms with Gasteiger partial charge in [-0.3, -0.25) is 0 Å². The first-order valence-corrected chi connectivity index (χ1v) is 11.6. The molecule has 138 valence electrons. The van der Waals surface area contributed by atoms with Gasteiger partial charge in [0.15, 0.2) is 5.69 Å². The molecular weight excluding hydrogens is 390 g/mol. The average Bonchev–Trinajstić information content (AvgIpc) is 3.15. The number of fused-ring (bicyclic) bond motifs is 2. The van der Waals surface area contributed by atoms with E-state index in [1.165, 1.54) is 43.2 Å². The minimum absolute atomic E-state index is 0.741. The van der Waals surface area contributed by atoms with Gasteiger partial charge in [0.05, 0.1) is 6.57 Å². The van der Waals surface area contributed by atoms with Gasteiger partial charge in [0, 0.05) is 14.8 Å². The van der Waals surface area contributed by atoms with Crippen molar-refractivity contribution in [2.24, 2.45) is 0 Å². The van der Waals surface area contributed by atoms with E-state index < -0.39 is 0 Å². The molecule has 0 unspecified atom stereocenters. The van der Waals surface area contributed by atoms with Crippen LogP contribution in [0.1, 0.15) is 36.1 Å². The summed E-state index contributed by atoms with van der Waals surface area (Å²) in [6, 6.07) is 12.2. The molecular formula is C23H22ClNS2. The van der Waals surface area contributed by atoms with Gasteiger partial charge in [0.25, 0.3) is 0 Å². The topological polar surface area (TPSA) is 4.36 Å². The molecule has 0 amide bonds. The Morgan fingerprint density at radius 3 is 1.89 bits per heavy atom. The van der Waals surface area contributed by atoms with Crippen LogP contribution in [0.2, 0.25) is 5.02 Å². The Kier molecular flexibility index (Phi) is 6.42. The van der Waals surface area contributed by atoms with Gasteiger partial charge in [0.2, 0.25) is 0 Å². The van der Waals surface area contributed by atoms with Gasteiger partial charge in [-0.15, -0.1) is 23.5 Å². The van der Waals surface area contributed by atoms with Crippen LogP contribution >= 0.6 is 35.1 Å². The molecule has 0 fully saturated rings. The number of hydrogen-bond acceptors (Lipinski definition) is 2. The second-order valence-corrected chi connectivity index (χ2v) is 8.80. The van der Waals surface area contributed by atoms with Crippen molar-refractivity contribution >= 4 is 50.6 Å². The minimum Gasteiger partial charge on any atom is -0.238 e. The third-order valence-electron chi connectivity index (χ3n) is 4.88. The smallest absolute Gasteiger partial charge is 0.187 e. The molecule has 27 heavy (non-hydrogen) atoms. The summed E-state index contributed by atoms with van der Waals surface area (Å²) < 4.78 is 0. The molecule has 0 saturated carbocycles. The summed E-state index contributed by atoms with van der Waals surface area (Å²) in [5.41, 5.74) is 9.00. The van der Waals surface area contributed by atoms with Crippen molar-refractivity contribution in [3.05, 3.63) is 86.2 Å². The summed E-state index contributed by atoms with van der Waals surface area (Å²) in [7, 11) is 0. The maximum absolute atomic E-state index is 6.98. The first kappa shape index (κ1) is 20.1. The lowest BCUT2D eigenvalue weighted by atomic mass is 10.1. The highest BCUT2D eigenvalue weighted by Gasteiger charge is 2.18. The normalized spacial score (nSPS) is 14.5. The van der Waals surface area contributed by atoms with E-state index in [2.05, 4.69) is 49.4 Å². The number of rotatable bonds is 2. The summed E-state index contributed by atoms with van der Waals surface area (Å²) in [6.45, 7) is 11.3. The highest BCUT2D eigenvalue weighted by atomic mass is 35.5. The highest BCUT2D eigenvalue weighted by Crippen LogP contribution is 2.41. The molecule has 0 radical (unpaired) electrons. The zero-order chi connectivity index (χ0) is 19.6. The lowest BCUT2D eigenvalue weighted by Gasteiger charge is -2.03. The molecule has 0 N–H and O–H groups in total. The van der Waals surface area contributed by atoms with Gasteiger partial charge in [-0.1, -0.05) is 40.9 Å². The molecule has 1 nitrogen and oxygen atoms in total. The van der Waals surface area contributed by atoms with Gasteiger partial charge in [-0.05, 0) is 79.7 Å². The summed E-state index contributed by atoms with van der Waals surface area (Å²) in [6.07, 6.45) is 6.35. The largest absolute Gasteiger partial charge is 0.238 e. The summed E-state index contributed by atoms with van der Waals surface area (Å²) in [5.74, 6) is 0. The highest BCUT2D eigenvalue weighted by molar-refractivity contribution is 8.08. The predicted molar refractivity (Wildman–Crippen MR) is 124 cm³/mol. The van der Waals surface area contributed by atoms with E-state index >= 15 is 0 Å². The van der Waals surface area contributed by atoms with Gasteiger partial charge in [-0.2, -0.15) is 0 Å². The second-order valence-electron chi connectivity index (χ2n) is 6.74. The van der Waals surface area contributed by atoms with E-state index in [1.807, 2.05) is 30.0 Å². The standard InChI is InChI=1S/C12H11NS.C11H11ClS/c1-8-6-9-4-5-10(13-2)7-11(9)12(8)14-3;1-7-5-8-3-4-9(12)6-10(8)11(7)13-2/h4-5,7H,6H2,1,3H3;3-4,6H,5H2,1-2H3. The number of halogens is 1. The van der Waals surface area contributed by atoms with E-state index in [0.717, 1.165) is 23.6 Å². The first-order chi connectivity index (χ1) is 13.0. The SMILES string of the molecule is CSC1=C(C)Cc2ccc(Cl)cc21.[C-]#[N+]c1ccc2c(c1)C(SC)=C(C)C2. The molecule has 0 spiro atoms. The zero-order valence-electron chi connectivity index (χ0n) is 16.0. The van der Waals surface area contributed by atoms with Crippen molar-refractivity contribution in [1.82, 2.24) is 0 Å². The van der Waals surface area contributed by atoms with Crippen LogP contribution in [0.5, 0.6) is 0 Å². The number of allylic oxidation sites excluding steroid dienone is 2. The van der Waals surface area contributed by atoms with Crippen LogP contribution in [-0.4, -0.2) is 12.5 Å². The van der Waals surface area contributed by atoms with E-state index in [-0.39, 0.29) is 0 Å². The molecule has 0 aromatic heterocycles. The van der Waals surface area contributed by atoms with Crippen LogP contribution < -0.4 is 0 Å². The Hall–Kier alpha value is -1.60. The Morgan fingerprint density at radius 1 is 0.852 bits per heavy atom. The Morgan fingerprint density at radius 2 is 1.37 bits per heavy atom. The molecule has 4 heteroatoms. The molecule has 2 aromatic rings. The van der Waals surface area contributed by atoms with Gasteiger partial charge in [-0.25, -0.2) is 4.85 Å². The molecule has 0 atom stereocenters. The maximum atomic E-state index is 6.98. The number of benzene rings is 2. The molecule has 0 saturated heterocycles. The maximum Gasteiger partial charge on any atom is 0.187 e. The fourth-order valence-corrected chi connectivity index (χ4v) is 5.51. The quantitative estimate of drug-likeness (QED) is 0.463. The van der Waals surface area contributed by atoms with Crippen LogP contribution in [0.4, 0.5) is 5.69 Å². The van der Waals surface area contributed by atoms with Crippen LogP contribution in [0, 0.1) is 6.57 Å². The number of nitrogens with zero attached hydrogens (tertiary/aromatic N) is 1. The van der Waals surface area contributed by atoms with Crippen molar-refractivity contribution in [3.8, 4) is 0 Å². The van der Waals surface area contributed by atoms with Crippen molar-refractivity contribution < 1.29 is 0 Å². The van der Waals surface area contributed by atoms with Crippen LogP contribution in [0.3, 0.4) is 0 Å². The molecule has 2 aliphatic carbocycles. The predicted octanol–water partition coefficient (Wildman–Crippen LogP) is 7.88. The number of hydrogen-bond donors (Lipinski definition) is 0. The van der Waals surface area contributed by atoms with Crippen molar-refractivity contribution in [1.29, 1.82) is 0 Å². The van der Waals surface area contributed by atoms with Crippen LogP contribution in [-0.2, 0) is 12.8 Å².